The van der Waals surface area contributed by atoms with Crippen molar-refractivity contribution >= 4 is 41.4 Å². The van der Waals surface area contributed by atoms with Crippen molar-refractivity contribution in [2.45, 2.75) is 70.1 Å². The molecule has 0 saturated heterocycles. The van der Waals surface area contributed by atoms with Gasteiger partial charge in [-0.1, -0.05) is 44.2 Å². The predicted octanol–water partition coefficient (Wildman–Crippen LogP) is -0.0518. The minimum atomic E-state index is -1.21. The Labute approximate surface area is 234 Å². The maximum Gasteiger partial charge on any atom is 0.326 e. The molecule has 12 nitrogen and oxygen atoms in total. The number of carboxylic acids is 1. The number of carbonyl (C=O) groups is 4. The number of benzene rings is 1. The zero-order chi connectivity index (χ0) is 29.4. The molecule has 0 aliphatic carbocycles. The summed E-state index contributed by atoms with van der Waals surface area (Å²) in [5.74, 6) is -2.22. The van der Waals surface area contributed by atoms with E-state index in [0.29, 0.717) is 25.0 Å². The van der Waals surface area contributed by atoms with Gasteiger partial charge in [-0.3, -0.25) is 19.4 Å². The summed E-state index contributed by atoms with van der Waals surface area (Å²) in [5, 5.41) is 17.6. The van der Waals surface area contributed by atoms with Crippen LogP contribution >= 0.6 is 11.8 Å². The Bertz CT molecular complexity index is 957. The fourth-order valence-electron chi connectivity index (χ4n) is 3.77. The third kappa shape index (κ3) is 13.9. The van der Waals surface area contributed by atoms with Gasteiger partial charge in [0.25, 0.3) is 0 Å². The molecule has 4 atom stereocenters. The number of rotatable bonds is 18. The maximum atomic E-state index is 13.3. The van der Waals surface area contributed by atoms with Crippen LogP contribution in [-0.2, 0) is 25.6 Å². The molecule has 218 valence electrons. The van der Waals surface area contributed by atoms with Gasteiger partial charge in [-0.2, -0.15) is 11.8 Å². The quantitative estimate of drug-likeness (QED) is 0.0720. The second-order valence-corrected chi connectivity index (χ2v) is 10.7. The molecular formula is C26H43N7O5S. The van der Waals surface area contributed by atoms with E-state index in [1.165, 1.54) is 11.8 Å². The zero-order valence-electron chi connectivity index (χ0n) is 22.9. The number of thioether (sulfide) groups is 1. The molecule has 0 heterocycles. The third-order valence-electron chi connectivity index (χ3n) is 5.78. The van der Waals surface area contributed by atoms with Crippen LogP contribution in [0.1, 0.15) is 45.1 Å². The van der Waals surface area contributed by atoms with Crippen LogP contribution in [0.4, 0.5) is 0 Å². The number of guanidine groups is 1. The van der Waals surface area contributed by atoms with Crippen LogP contribution in [0.2, 0.25) is 0 Å². The van der Waals surface area contributed by atoms with Crippen molar-refractivity contribution in [3.8, 4) is 0 Å². The highest BCUT2D eigenvalue weighted by atomic mass is 32.2. The highest BCUT2D eigenvalue weighted by Crippen LogP contribution is 2.09. The first kappa shape index (κ1) is 33.7. The lowest BCUT2D eigenvalue weighted by Crippen LogP contribution is -2.57. The molecule has 10 N–H and O–H groups in total. The Hall–Kier alpha value is -3.32. The van der Waals surface area contributed by atoms with Gasteiger partial charge in [0.05, 0.1) is 6.04 Å². The van der Waals surface area contributed by atoms with Crippen LogP contribution < -0.4 is 33.2 Å². The largest absolute Gasteiger partial charge is 0.480 e. The highest BCUT2D eigenvalue weighted by molar-refractivity contribution is 7.98. The molecule has 13 heteroatoms. The average molecular weight is 566 g/mol. The van der Waals surface area contributed by atoms with Crippen molar-refractivity contribution in [3.63, 3.8) is 0 Å². The molecule has 39 heavy (non-hydrogen) atoms. The van der Waals surface area contributed by atoms with Crippen molar-refractivity contribution in [1.82, 2.24) is 16.0 Å². The van der Waals surface area contributed by atoms with Crippen LogP contribution in [-0.4, -0.2) is 77.5 Å². The minimum Gasteiger partial charge on any atom is -0.480 e. The fourth-order valence-corrected chi connectivity index (χ4v) is 4.24. The van der Waals surface area contributed by atoms with E-state index < -0.39 is 47.9 Å². The number of nitrogens with zero attached hydrogens (tertiary/aromatic N) is 1. The summed E-state index contributed by atoms with van der Waals surface area (Å²) in [4.78, 5) is 54.9. The third-order valence-corrected chi connectivity index (χ3v) is 6.43. The van der Waals surface area contributed by atoms with Gasteiger partial charge >= 0.3 is 5.97 Å². The van der Waals surface area contributed by atoms with Crippen LogP contribution in [0.3, 0.4) is 0 Å². The van der Waals surface area contributed by atoms with Crippen molar-refractivity contribution in [2.75, 3.05) is 18.6 Å². The van der Waals surface area contributed by atoms with Crippen molar-refractivity contribution in [1.29, 1.82) is 0 Å². The molecule has 1 aromatic carbocycles. The van der Waals surface area contributed by atoms with Gasteiger partial charge in [0.2, 0.25) is 17.7 Å². The molecule has 1 rings (SSSR count). The summed E-state index contributed by atoms with van der Waals surface area (Å²) in [6.45, 7) is 4.10. The summed E-state index contributed by atoms with van der Waals surface area (Å²) in [7, 11) is 0. The maximum absolute atomic E-state index is 13.3. The Morgan fingerprint density at radius 3 is 2.03 bits per heavy atom. The summed E-state index contributed by atoms with van der Waals surface area (Å²) in [5.41, 5.74) is 17.5. The van der Waals surface area contributed by atoms with Gasteiger partial charge in [0.15, 0.2) is 5.96 Å². The number of amides is 3. The van der Waals surface area contributed by atoms with Gasteiger partial charge in [-0.15, -0.1) is 0 Å². The number of hydrogen-bond donors (Lipinski definition) is 7. The number of nitrogens with one attached hydrogen (secondary N) is 3. The van der Waals surface area contributed by atoms with Gasteiger partial charge in [0.1, 0.15) is 18.1 Å². The van der Waals surface area contributed by atoms with E-state index in [4.69, 9.17) is 17.2 Å². The van der Waals surface area contributed by atoms with E-state index in [2.05, 4.69) is 20.9 Å². The van der Waals surface area contributed by atoms with E-state index in [1.807, 2.05) is 26.2 Å². The van der Waals surface area contributed by atoms with Crippen LogP contribution in [0.25, 0.3) is 0 Å². The Morgan fingerprint density at radius 1 is 0.923 bits per heavy atom. The fraction of sp³-hybridized carbons (Fsp3) is 0.577. The minimum absolute atomic E-state index is 0.0662. The molecule has 0 radical (unpaired) electrons. The SMILES string of the molecule is CSCCC(NC(=O)C(N)CC(C)C)C(=O)NC(CCCN=C(N)N)C(=O)NC(Cc1ccccc1)C(=O)O. The zero-order valence-corrected chi connectivity index (χ0v) is 23.7. The van der Waals surface area contributed by atoms with Crippen molar-refractivity contribution in [2.24, 2.45) is 28.1 Å². The molecule has 0 saturated carbocycles. The molecule has 0 bridgehead atoms. The van der Waals surface area contributed by atoms with E-state index >= 15 is 0 Å². The van der Waals surface area contributed by atoms with Crippen molar-refractivity contribution in [3.05, 3.63) is 35.9 Å². The predicted molar refractivity (Wildman–Crippen MR) is 154 cm³/mol. The number of hydrogen-bond acceptors (Lipinski definition) is 7. The first-order valence-electron chi connectivity index (χ1n) is 12.9. The monoisotopic (exact) mass is 565 g/mol. The van der Waals surface area contributed by atoms with E-state index in [9.17, 15) is 24.3 Å². The number of aliphatic imine (C=N–C) groups is 1. The smallest absolute Gasteiger partial charge is 0.326 e. The molecule has 0 aliphatic rings. The number of carboxylic acid groups (broad SMARTS) is 1. The molecular weight excluding hydrogens is 522 g/mol. The molecule has 0 fully saturated rings. The lowest BCUT2D eigenvalue weighted by Gasteiger charge is -2.25. The molecule has 0 aliphatic heterocycles. The second kappa shape index (κ2) is 18.1. The Morgan fingerprint density at radius 2 is 1.49 bits per heavy atom. The van der Waals surface area contributed by atoms with E-state index in [-0.39, 0.29) is 31.3 Å². The van der Waals surface area contributed by atoms with E-state index in [0.717, 1.165) is 5.56 Å². The summed E-state index contributed by atoms with van der Waals surface area (Å²) in [6.07, 6.45) is 3.20. The average Bonchev–Trinajstić information content (AvgIpc) is 2.87. The first-order valence-corrected chi connectivity index (χ1v) is 14.3. The molecule has 4 unspecified atom stereocenters. The van der Waals surface area contributed by atoms with Gasteiger partial charge in [0, 0.05) is 13.0 Å². The standard InChI is InChI=1S/C26H43N7O5S/c1-16(2)14-18(27)22(34)31-20(11-13-39-3)24(36)32-19(10-7-12-30-26(28)29)23(35)33-21(25(37)38)15-17-8-5-4-6-9-17/h4-6,8-9,16,18-21H,7,10-15,27H2,1-3H3,(H,31,34)(H,32,36)(H,33,35)(H,37,38)(H4,28,29,30). The Kier molecular flexibility index (Phi) is 15.6. The van der Waals surface area contributed by atoms with E-state index in [1.54, 1.807) is 24.3 Å². The molecule has 0 aromatic heterocycles. The van der Waals surface area contributed by atoms with Crippen LogP contribution in [0.5, 0.6) is 0 Å². The first-order chi connectivity index (χ1) is 18.4. The number of nitrogens with two attached hydrogens (primary N) is 3. The van der Waals surface area contributed by atoms with Gasteiger partial charge in [-0.25, -0.2) is 4.79 Å². The van der Waals surface area contributed by atoms with Crippen LogP contribution in [0.15, 0.2) is 35.3 Å². The molecule has 3 amide bonds. The number of carbonyl (C=O) groups excluding carboxylic acids is 3. The molecule has 0 spiro atoms. The topological polar surface area (TPSA) is 215 Å². The second-order valence-electron chi connectivity index (χ2n) is 9.68. The summed E-state index contributed by atoms with van der Waals surface area (Å²) in [6, 6.07) is 4.90. The van der Waals surface area contributed by atoms with Crippen molar-refractivity contribution < 1.29 is 24.3 Å². The summed E-state index contributed by atoms with van der Waals surface area (Å²) < 4.78 is 0. The summed E-state index contributed by atoms with van der Waals surface area (Å²) >= 11 is 1.51. The normalized spacial score (nSPS) is 14.0. The molecule has 1 aromatic rings. The number of aliphatic carboxylic acids is 1. The van der Waals surface area contributed by atoms with Gasteiger partial charge in [-0.05, 0) is 49.2 Å². The lowest BCUT2D eigenvalue weighted by atomic mass is 10.0. The lowest BCUT2D eigenvalue weighted by molar-refractivity contribution is -0.142. The van der Waals surface area contributed by atoms with Gasteiger partial charge < -0.3 is 38.3 Å². The highest BCUT2D eigenvalue weighted by Gasteiger charge is 2.30. The Balaban J connectivity index is 3.05. The van der Waals surface area contributed by atoms with Crippen LogP contribution in [0, 0.1) is 5.92 Å².